The number of hydrogen-bond acceptors (Lipinski definition) is 2. The molecule has 0 saturated carbocycles. The summed E-state index contributed by atoms with van der Waals surface area (Å²) >= 11 is 0. The molecule has 14 heavy (non-hydrogen) atoms. The molecular formula is C11H16N2O. The predicted molar refractivity (Wildman–Crippen MR) is 56.6 cm³/mol. The van der Waals surface area contributed by atoms with Crippen LogP contribution in [0.5, 0.6) is 0 Å². The second kappa shape index (κ2) is 6.16. The van der Waals surface area contributed by atoms with Gasteiger partial charge in [0.2, 0.25) is 6.41 Å². The van der Waals surface area contributed by atoms with Crippen LogP contribution in [0.2, 0.25) is 0 Å². The lowest BCUT2D eigenvalue weighted by Gasteiger charge is -2.17. The van der Waals surface area contributed by atoms with Crippen molar-refractivity contribution in [2.45, 2.75) is 13.5 Å². The molecule has 0 aliphatic carbocycles. The molecule has 3 heteroatoms. The van der Waals surface area contributed by atoms with Gasteiger partial charge in [-0.25, -0.2) is 0 Å². The lowest BCUT2D eigenvalue weighted by molar-refractivity contribution is -0.119. The maximum Gasteiger partial charge on any atom is 0.211 e. The highest BCUT2D eigenvalue weighted by molar-refractivity contribution is 5.47. The second-order valence-corrected chi connectivity index (χ2v) is 3.10. The summed E-state index contributed by atoms with van der Waals surface area (Å²) in [6, 6.07) is 9.96. The van der Waals surface area contributed by atoms with E-state index in [2.05, 4.69) is 5.32 Å². The van der Waals surface area contributed by atoms with E-state index < -0.39 is 0 Å². The highest BCUT2D eigenvalue weighted by atomic mass is 16.1. The molecule has 0 atom stereocenters. The fraction of sp³-hybridized carbons (Fsp3) is 0.364. The van der Waals surface area contributed by atoms with E-state index >= 15 is 0 Å². The first-order valence-corrected chi connectivity index (χ1v) is 4.80. The molecule has 0 radical (unpaired) electrons. The van der Waals surface area contributed by atoms with E-state index in [0.29, 0.717) is 13.2 Å². The first-order chi connectivity index (χ1) is 6.86. The second-order valence-electron chi connectivity index (χ2n) is 3.10. The standard InChI is InChI=1S/C11H16N2O/c1-2-12-9-13(10-14)8-11-6-4-3-5-7-11/h3-7,10,12H,2,8-9H2,1H3. The van der Waals surface area contributed by atoms with Crippen LogP contribution >= 0.6 is 0 Å². The zero-order valence-corrected chi connectivity index (χ0v) is 8.44. The molecule has 1 amide bonds. The Morgan fingerprint density at radius 3 is 2.64 bits per heavy atom. The van der Waals surface area contributed by atoms with Gasteiger partial charge >= 0.3 is 0 Å². The zero-order valence-electron chi connectivity index (χ0n) is 8.44. The van der Waals surface area contributed by atoms with Gasteiger partial charge in [0.05, 0.1) is 6.67 Å². The van der Waals surface area contributed by atoms with Crippen molar-refractivity contribution in [1.82, 2.24) is 10.2 Å². The van der Waals surface area contributed by atoms with Crippen molar-refractivity contribution in [1.29, 1.82) is 0 Å². The highest BCUT2D eigenvalue weighted by Gasteiger charge is 2.00. The number of hydrogen-bond donors (Lipinski definition) is 1. The van der Waals surface area contributed by atoms with Crippen molar-refractivity contribution < 1.29 is 4.79 Å². The fourth-order valence-corrected chi connectivity index (χ4v) is 1.20. The van der Waals surface area contributed by atoms with Crippen molar-refractivity contribution in [3.63, 3.8) is 0 Å². The Balaban J connectivity index is 2.44. The van der Waals surface area contributed by atoms with E-state index in [1.165, 1.54) is 0 Å². The first kappa shape index (κ1) is 10.7. The molecular weight excluding hydrogens is 176 g/mol. The molecule has 1 aromatic rings. The van der Waals surface area contributed by atoms with E-state index in [1.54, 1.807) is 4.90 Å². The van der Waals surface area contributed by atoms with Gasteiger partial charge in [-0.1, -0.05) is 37.3 Å². The predicted octanol–water partition coefficient (Wildman–Crippen LogP) is 1.21. The molecule has 3 nitrogen and oxygen atoms in total. The number of amides is 1. The Morgan fingerprint density at radius 1 is 1.36 bits per heavy atom. The number of nitrogens with one attached hydrogen (secondary N) is 1. The van der Waals surface area contributed by atoms with Crippen LogP contribution in [-0.4, -0.2) is 24.5 Å². The molecule has 0 bridgehead atoms. The summed E-state index contributed by atoms with van der Waals surface area (Å²) in [4.78, 5) is 12.4. The molecule has 0 saturated heterocycles. The van der Waals surface area contributed by atoms with Crippen molar-refractivity contribution >= 4 is 6.41 Å². The largest absolute Gasteiger partial charge is 0.328 e. The molecule has 0 spiro atoms. The summed E-state index contributed by atoms with van der Waals surface area (Å²) in [5.41, 5.74) is 1.15. The van der Waals surface area contributed by atoms with Crippen LogP contribution in [0.15, 0.2) is 30.3 Å². The Hall–Kier alpha value is -1.35. The first-order valence-electron chi connectivity index (χ1n) is 4.80. The molecule has 1 N–H and O–H groups in total. The summed E-state index contributed by atoms with van der Waals surface area (Å²) in [5.74, 6) is 0. The van der Waals surface area contributed by atoms with E-state index in [-0.39, 0.29) is 0 Å². The minimum Gasteiger partial charge on any atom is -0.328 e. The van der Waals surface area contributed by atoms with Gasteiger partial charge in [-0.05, 0) is 12.1 Å². The average Bonchev–Trinajstić information content (AvgIpc) is 2.25. The Bertz CT molecular complexity index is 261. The number of carbonyl (C=O) groups excluding carboxylic acids is 1. The van der Waals surface area contributed by atoms with Crippen LogP contribution in [0.25, 0.3) is 0 Å². The maximum absolute atomic E-state index is 10.7. The highest BCUT2D eigenvalue weighted by Crippen LogP contribution is 2.01. The van der Waals surface area contributed by atoms with Gasteiger partial charge in [0.25, 0.3) is 0 Å². The summed E-state index contributed by atoms with van der Waals surface area (Å²) in [6.45, 7) is 4.16. The number of benzene rings is 1. The SMILES string of the molecule is CCNCN(C=O)Cc1ccccc1. The molecule has 0 unspecified atom stereocenters. The van der Waals surface area contributed by atoms with E-state index in [9.17, 15) is 4.79 Å². The lowest BCUT2D eigenvalue weighted by Crippen LogP contribution is -2.32. The smallest absolute Gasteiger partial charge is 0.211 e. The van der Waals surface area contributed by atoms with Crippen molar-refractivity contribution in [3.8, 4) is 0 Å². The van der Waals surface area contributed by atoms with Crippen LogP contribution in [0.3, 0.4) is 0 Å². The molecule has 0 aliphatic heterocycles. The van der Waals surface area contributed by atoms with Crippen molar-refractivity contribution in [3.05, 3.63) is 35.9 Å². The molecule has 0 aliphatic rings. The van der Waals surface area contributed by atoms with Crippen LogP contribution in [0.1, 0.15) is 12.5 Å². The molecule has 76 valence electrons. The summed E-state index contributed by atoms with van der Waals surface area (Å²) in [6.07, 6.45) is 0.871. The lowest BCUT2D eigenvalue weighted by atomic mass is 10.2. The number of carbonyl (C=O) groups is 1. The van der Waals surface area contributed by atoms with E-state index in [4.69, 9.17) is 0 Å². The maximum atomic E-state index is 10.7. The third-order valence-corrected chi connectivity index (χ3v) is 1.94. The van der Waals surface area contributed by atoms with Gasteiger partial charge in [0.15, 0.2) is 0 Å². The van der Waals surface area contributed by atoms with Crippen molar-refractivity contribution in [2.75, 3.05) is 13.2 Å². The van der Waals surface area contributed by atoms with E-state index in [0.717, 1.165) is 18.5 Å². The molecule has 1 aromatic carbocycles. The van der Waals surface area contributed by atoms with Crippen LogP contribution in [0.4, 0.5) is 0 Å². The van der Waals surface area contributed by atoms with Crippen molar-refractivity contribution in [2.24, 2.45) is 0 Å². The Morgan fingerprint density at radius 2 is 2.07 bits per heavy atom. The monoisotopic (exact) mass is 192 g/mol. The van der Waals surface area contributed by atoms with Crippen LogP contribution in [0, 0.1) is 0 Å². The summed E-state index contributed by atoms with van der Waals surface area (Å²) < 4.78 is 0. The fourth-order valence-electron chi connectivity index (χ4n) is 1.20. The topological polar surface area (TPSA) is 32.3 Å². The molecule has 1 rings (SSSR count). The molecule has 0 fully saturated rings. The van der Waals surface area contributed by atoms with Gasteiger partial charge in [0.1, 0.15) is 0 Å². The Labute approximate surface area is 84.7 Å². The third-order valence-electron chi connectivity index (χ3n) is 1.94. The summed E-state index contributed by atoms with van der Waals surface area (Å²) in [7, 11) is 0. The van der Waals surface area contributed by atoms with Gasteiger partial charge in [0, 0.05) is 6.54 Å². The van der Waals surface area contributed by atoms with Crippen LogP contribution < -0.4 is 5.32 Å². The zero-order chi connectivity index (χ0) is 10.2. The summed E-state index contributed by atoms with van der Waals surface area (Å²) in [5, 5.41) is 3.11. The average molecular weight is 192 g/mol. The molecule has 0 heterocycles. The van der Waals surface area contributed by atoms with Gasteiger partial charge < -0.3 is 10.2 Å². The number of nitrogens with zero attached hydrogens (tertiary/aromatic N) is 1. The number of rotatable bonds is 6. The van der Waals surface area contributed by atoms with Gasteiger partial charge in [-0.3, -0.25) is 4.79 Å². The Kier molecular flexibility index (Phi) is 4.72. The van der Waals surface area contributed by atoms with E-state index in [1.807, 2.05) is 37.3 Å². The van der Waals surface area contributed by atoms with Gasteiger partial charge in [-0.2, -0.15) is 0 Å². The minimum atomic E-state index is 0.606. The molecule has 0 aromatic heterocycles. The third kappa shape index (κ3) is 3.58. The van der Waals surface area contributed by atoms with Crippen LogP contribution in [-0.2, 0) is 11.3 Å². The normalized spacial score (nSPS) is 9.79. The van der Waals surface area contributed by atoms with Gasteiger partial charge in [-0.15, -0.1) is 0 Å². The minimum absolute atomic E-state index is 0.606. The quantitative estimate of drug-likeness (QED) is 0.543.